The van der Waals surface area contributed by atoms with Crippen molar-refractivity contribution in [2.75, 3.05) is 29.5 Å². The molecule has 0 atom stereocenters. The molecule has 1 heterocycles. The first kappa shape index (κ1) is 14.0. The van der Waals surface area contributed by atoms with Crippen molar-refractivity contribution in [1.82, 2.24) is 0 Å². The number of hydrogen-bond donors (Lipinski definition) is 0. The highest BCUT2D eigenvalue weighted by Gasteiger charge is 2.20. The monoisotopic (exact) mass is 307 g/mol. The second-order valence-electron chi connectivity index (χ2n) is 4.41. The zero-order valence-corrected chi connectivity index (χ0v) is 12.2. The summed E-state index contributed by atoms with van der Waals surface area (Å²) in [4.78, 5) is 2.03. The molecule has 0 saturated carbocycles. The number of rotatable bonds is 2. The van der Waals surface area contributed by atoms with Crippen LogP contribution in [0.2, 0.25) is 5.02 Å². The number of alkyl halides is 1. The van der Waals surface area contributed by atoms with Gasteiger partial charge in [0, 0.05) is 19.0 Å². The van der Waals surface area contributed by atoms with E-state index in [9.17, 15) is 8.42 Å². The van der Waals surface area contributed by atoms with Crippen LogP contribution in [-0.4, -0.2) is 33.0 Å². The summed E-state index contributed by atoms with van der Waals surface area (Å²) >= 11 is 12.0. The van der Waals surface area contributed by atoms with Crippen LogP contribution in [0, 0.1) is 0 Å². The maximum absolute atomic E-state index is 11.6. The molecule has 2 rings (SSSR count). The van der Waals surface area contributed by atoms with E-state index < -0.39 is 9.84 Å². The van der Waals surface area contributed by atoms with Gasteiger partial charge in [0.25, 0.3) is 0 Å². The Hall–Kier alpha value is -0.450. The number of halogens is 2. The largest absolute Gasteiger partial charge is 0.369 e. The summed E-state index contributed by atoms with van der Waals surface area (Å²) in [5, 5.41) is 0.632. The Morgan fingerprint density at radius 3 is 2.67 bits per heavy atom. The minimum Gasteiger partial charge on any atom is -0.369 e. The minimum absolute atomic E-state index is 0.195. The molecule has 0 amide bonds. The molecule has 0 spiro atoms. The van der Waals surface area contributed by atoms with Crippen molar-refractivity contribution in [3.63, 3.8) is 0 Å². The Kier molecular flexibility index (Phi) is 4.41. The smallest absolute Gasteiger partial charge is 0.152 e. The van der Waals surface area contributed by atoms with E-state index in [0.717, 1.165) is 17.8 Å². The van der Waals surface area contributed by atoms with E-state index in [1.54, 1.807) is 0 Å². The molecule has 6 heteroatoms. The van der Waals surface area contributed by atoms with Gasteiger partial charge < -0.3 is 4.90 Å². The molecule has 3 nitrogen and oxygen atoms in total. The van der Waals surface area contributed by atoms with E-state index in [4.69, 9.17) is 23.2 Å². The lowest BCUT2D eigenvalue weighted by atomic mass is 10.2. The molecule has 100 valence electrons. The third-order valence-corrected chi connectivity index (χ3v) is 5.39. The fourth-order valence-corrected chi connectivity index (χ4v) is 3.83. The fourth-order valence-electron chi connectivity index (χ4n) is 2.07. The van der Waals surface area contributed by atoms with Crippen molar-refractivity contribution in [3.8, 4) is 0 Å². The van der Waals surface area contributed by atoms with E-state index in [1.165, 1.54) is 0 Å². The second kappa shape index (κ2) is 5.68. The molecule has 18 heavy (non-hydrogen) atoms. The standard InChI is InChI=1S/C12H15Cl2NO2S/c13-9-10-2-3-12(11(14)8-10)15-4-1-6-18(16,17)7-5-15/h2-3,8H,1,4-7,9H2. The van der Waals surface area contributed by atoms with Crippen molar-refractivity contribution >= 4 is 38.7 Å². The topological polar surface area (TPSA) is 37.4 Å². The first-order chi connectivity index (χ1) is 8.52. The molecule has 1 aliphatic rings. The Bertz CT molecular complexity index is 531. The van der Waals surface area contributed by atoms with Crippen LogP contribution in [0.4, 0.5) is 5.69 Å². The normalized spacial score (nSPS) is 19.6. The minimum atomic E-state index is -2.89. The fraction of sp³-hybridized carbons (Fsp3) is 0.500. The van der Waals surface area contributed by atoms with E-state index >= 15 is 0 Å². The Labute approximate surface area is 118 Å². The third kappa shape index (κ3) is 3.31. The summed E-state index contributed by atoms with van der Waals surface area (Å²) in [6.45, 7) is 1.22. The van der Waals surface area contributed by atoms with Crippen LogP contribution in [-0.2, 0) is 15.7 Å². The van der Waals surface area contributed by atoms with Crippen molar-refractivity contribution in [3.05, 3.63) is 28.8 Å². The molecule has 1 saturated heterocycles. The van der Waals surface area contributed by atoms with E-state index in [0.29, 0.717) is 23.9 Å². The van der Waals surface area contributed by atoms with Gasteiger partial charge in [0.1, 0.15) is 0 Å². The van der Waals surface area contributed by atoms with Gasteiger partial charge in [0.05, 0.1) is 22.2 Å². The summed E-state index contributed by atoms with van der Waals surface area (Å²) in [5.41, 5.74) is 1.86. The van der Waals surface area contributed by atoms with Gasteiger partial charge in [0.2, 0.25) is 0 Å². The highest BCUT2D eigenvalue weighted by molar-refractivity contribution is 7.91. The summed E-state index contributed by atoms with van der Waals surface area (Å²) in [7, 11) is -2.89. The number of nitrogens with zero attached hydrogens (tertiary/aromatic N) is 1. The van der Waals surface area contributed by atoms with Crippen molar-refractivity contribution in [1.29, 1.82) is 0 Å². The van der Waals surface area contributed by atoms with Gasteiger partial charge in [-0.1, -0.05) is 17.7 Å². The molecular formula is C12H15Cl2NO2S. The van der Waals surface area contributed by atoms with Gasteiger partial charge in [-0.2, -0.15) is 0 Å². The predicted molar refractivity (Wildman–Crippen MR) is 76.5 cm³/mol. The molecule has 1 aliphatic heterocycles. The Balaban J connectivity index is 2.21. The summed E-state index contributed by atoms with van der Waals surface area (Å²) in [6, 6.07) is 5.68. The first-order valence-electron chi connectivity index (χ1n) is 5.81. The molecule has 0 N–H and O–H groups in total. The van der Waals surface area contributed by atoms with E-state index in [-0.39, 0.29) is 11.5 Å². The number of hydrogen-bond acceptors (Lipinski definition) is 3. The predicted octanol–water partition coefficient (Wildman–Crippen LogP) is 2.70. The van der Waals surface area contributed by atoms with Crippen LogP contribution in [0.5, 0.6) is 0 Å². The van der Waals surface area contributed by atoms with Crippen LogP contribution in [0.25, 0.3) is 0 Å². The van der Waals surface area contributed by atoms with Crippen LogP contribution in [0.1, 0.15) is 12.0 Å². The van der Waals surface area contributed by atoms with Gasteiger partial charge in [-0.05, 0) is 24.1 Å². The Morgan fingerprint density at radius 1 is 1.22 bits per heavy atom. The summed E-state index contributed by atoms with van der Waals surface area (Å²) in [6.07, 6.45) is 0.649. The van der Waals surface area contributed by atoms with Crippen LogP contribution in [0.15, 0.2) is 18.2 Å². The molecule has 0 aromatic heterocycles. The van der Waals surface area contributed by atoms with Crippen molar-refractivity contribution < 1.29 is 8.42 Å². The van der Waals surface area contributed by atoms with Crippen LogP contribution >= 0.6 is 23.2 Å². The van der Waals surface area contributed by atoms with Gasteiger partial charge >= 0.3 is 0 Å². The zero-order valence-electron chi connectivity index (χ0n) is 9.90. The highest BCUT2D eigenvalue weighted by atomic mass is 35.5. The van der Waals surface area contributed by atoms with Crippen LogP contribution in [0.3, 0.4) is 0 Å². The second-order valence-corrected chi connectivity index (χ2v) is 7.39. The first-order valence-corrected chi connectivity index (χ1v) is 8.55. The maximum atomic E-state index is 11.6. The van der Waals surface area contributed by atoms with Crippen molar-refractivity contribution in [2.45, 2.75) is 12.3 Å². The quantitative estimate of drug-likeness (QED) is 0.788. The lowest BCUT2D eigenvalue weighted by Gasteiger charge is -2.23. The lowest BCUT2D eigenvalue weighted by Crippen LogP contribution is -2.26. The van der Waals surface area contributed by atoms with E-state index in [1.807, 2.05) is 23.1 Å². The highest BCUT2D eigenvalue weighted by Crippen LogP contribution is 2.28. The maximum Gasteiger partial charge on any atom is 0.152 e. The molecule has 1 fully saturated rings. The van der Waals surface area contributed by atoms with Gasteiger partial charge in [-0.15, -0.1) is 11.6 Å². The summed E-state index contributed by atoms with van der Waals surface area (Å²) < 4.78 is 23.1. The van der Waals surface area contributed by atoms with Gasteiger partial charge in [0.15, 0.2) is 9.84 Å². The average Bonchev–Trinajstić information content (AvgIpc) is 2.50. The SMILES string of the molecule is O=S1(=O)CCCN(c2ccc(CCl)cc2Cl)CC1. The molecule has 0 aliphatic carbocycles. The zero-order chi connectivity index (χ0) is 13.2. The van der Waals surface area contributed by atoms with Crippen molar-refractivity contribution in [2.24, 2.45) is 0 Å². The number of sulfone groups is 1. The number of anilines is 1. The van der Waals surface area contributed by atoms with E-state index in [2.05, 4.69) is 0 Å². The number of benzene rings is 1. The molecule has 1 aromatic carbocycles. The molecular weight excluding hydrogens is 293 g/mol. The summed E-state index contributed by atoms with van der Waals surface area (Å²) in [5.74, 6) is 0.885. The van der Waals surface area contributed by atoms with Crippen LogP contribution < -0.4 is 4.90 Å². The third-order valence-electron chi connectivity index (χ3n) is 3.06. The molecule has 0 bridgehead atoms. The van der Waals surface area contributed by atoms with Gasteiger partial charge in [-0.25, -0.2) is 8.42 Å². The Morgan fingerprint density at radius 2 is 2.00 bits per heavy atom. The average molecular weight is 308 g/mol. The molecule has 0 unspecified atom stereocenters. The molecule has 1 aromatic rings. The molecule has 0 radical (unpaired) electrons. The van der Waals surface area contributed by atoms with Gasteiger partial charge in [-0.3, -0.25) is 0 Å². The lowest BCUT2D eigenvalue weighted by molar-refractivity contribution is 0.597.